The van der Waals surface area contributed by atoms with E-state index >= 15 is 0 Å². The summed E-state index contributed by atoms with van der Waals surface area (Å²) in [7, 11) is 0. The van der Waals surface area contributed by atoms with E-state index < -0.39 is 6.10 Å². The number of ether oxygens (including phenoxy) is 1. The zero-order valence-corrected chi connectivity index (χ0v) is 18.2. The van der Waals surface area contributed by atoms with Crippen LogP contribution in [0.3, 0.4) is 0 Å². The number of benzene rings is 3. The number of para-hydroxylation sites is 4. The number of carbonyl (C=O) groups excluding carboxylic acids is 2. The Morgan fingerprint density at radius 2 is 1.79 bits per heavy atom. The molecule has 0 fully saturated rings. The topological polar surface area (TPSA) is 87.3 Å². The van der Waals surface area contributed by atoms with Crippen LogP contribution in [0.5, 0.6) is 5.75 Å². The largest absolute Gasteiger partial charge is 0.479 e. The number of aryl methyl sites for hydroxylation is 2. The molecule has 3 aromatic carbocycles. The Hall–Kier alpha value is -4.13. The Bertz CT molecular complexity index is 1280. The summed E-state index contributed by atoms with van der Waals surface area (Å²) in [5, 5.41) is 2.88. The van der Waals surface area contributed by atoms with Gasteiger partial charge in [-0.3, -0.25) is 14.5 Å². The lowest BCUT2D eigenvalue weighted by Gasteiger charge is -2.32. The van der Waals surface area contributed by atoms with Gasteiger partial charge in [0.15, 0.2) is 6.10 Å². The van der Waals surface area contributed by atoms with E-state index in [1.807, 2.05) is 60.7 Å². The van der Waals surface area contributed by atoms with Crippen molar-refractivity contribution in [1.82, 2.24) is 9.97 Å². The molecule has 1 aromatic heterocycles. The van der Waals surface area contributed by atoms with Gasteiger partial charge in [-0.25, -0.2) is 4.98 Å². The fourth-order valence-electron chi connectivity index (χ4n) is 4.01. The summed E-state index contributed by atoms with van der Waals surface area (Å²) in [6, 6.07) is 23.0. The minimum absolute atomic E-state index is 0.0721. The number of anilines is 2. The van der Waals surface area contributed by atoms with Crippen LogP contribution in [0.25, 0.3) is 11.0 Å². The van der Waals surface area contributed by atoms with E-state index in [1.54, 1.807) is 19.1 Å². The lowest BCUT2D eigenvalue weighted by atomic mass is 10.1. The van der Waals surface area contributed by atoms with Crippen molar-refractivity contribution in [1.29, 1.82) is 0 Å². The fraction of sp³-hybridized carbons (Fsp3) is 0.192. The number of hydrogen-bond donors (Lipinski definition) is 2. The molecule has 0 bridgehead atoms. The van der Waals surface area contributed by atoms with Crippen LogP contribution in [0.2, 0.25) is 0 Å². The maximum absolute atomic E-state index is 12.7. The highest BCUT2D eigenvalue weighted by atomic mass is 16.5. The normalized spacial score (nSPS) is 15.2. The molecule has 2 N–H and O–H groups in total. The van der Waals surface area contributed by atoms with Gasteiger partial charge in [0, 0.05) is 12.1 Å². The highest BCUT2D eigenvalue weighted by molar-refractivity contribution is 6.06. The quantitative estimate of drug-likeness (QED) is 0.473. The number of amides is 2. The molecule has 2 amide bonds. The lowest BCUT2D eigenvalue weighted by Crippen LogP contribution is -2.47. The third-order valence-corrected chi connectivity index (χ3v) is 5.70. The summed E-state index contributed by atoms with van der Waals surface area (Å²) < 4.78 is 5.63. The minimum atomic E-state index is -0.626. The van der Waals surface area contributed by atoms with Crippen LogP contribution < -0.4 is 15.0 Å². The van der Waals surface area contributed by atoms with E-state index in [9.17, 15) is 9.59 Å². The molecule has 7 heteroatoms. The average molecular weight is 441 g/mol. The van der Waals surface area contributed by atoms with Crippen LogP contribution in [0.1, 0.15) is 18.3 Å². The van der Waals surface area contributed by atoms with E-state index in [0.717, 1.165) is 35.3 Å². The Morgan fingerprint density at radius 3 is 2.61 bits per heavy atom. The minimum Gasteiger partial charge on any atom is -0.479 e. The molecule has 0 saturated heterocycles. The predicted molar refractivity (Wildman–Crippen MR) is 127 cm³/mol. The Labute approximate surface area is 191 Å². The van der Waals surface area contributed by atoms with Crippen LogP contribution in [0.15, 0.2) is 72.8 Å². The van der Waals surface area contributed by atoms with Gasteiger partial charge in [0.2, 0.25) is 5.91 Å². The van der Waals surface area contributed by atoms with E-state index in [4.69, 9.17) is 4.74 Å². The molecule has 33 heavy (non-hydrogen) atoms. The van der Waals surface area contributed by atoms with Gasteiger partial charge in [-0.15, -0.1) is 0 Å². The van der Waals surface area contributed by atoms with E-state index in [-0.39, 0.29) is 18.4 Å². The SMILES string of the molecule is C[C@H]1Oc2ccccc2N(CC(=O)Nc2ccc(CCc3nc4ccccc4[nH]3)cc2)C1=O. The molecular weight excluding hydrogens is 416 g/mol. The third-order valence-electron chi connectivity index (χ3n) is 5.70. The second-order valence-corrected chi connectivity index (χ2v) is 8.10. The molecule has 1 aliphatic rings. The number of H-pyrrole nitrogens is 1. The first-order chi connectivity index (χ1) is 16.1. The predicted octanol–water partition coefficient (Wildman–Crippen LogP) is 4.10. The first-order valence-corrected chi connectivity index (χ1v) is 11.0. The number of aromatic amines is 1. The van der Waals surface area contributed by atoms with Crippen molar-refractivity contribution in [3.63, 3.8) is 0 Å². The smallest absolute Gasteiger partial charge is 0.268 e. The number of nitrogens with one attached hydrogen (secondary N) is 2. The molecule has 0 radical (unpaired) electrons. The summed E-state index contributed by atoms with van der Waals surface area (Å²) in [6.45, 7) is 1.62. The van der Waals surface area contributed by atoms with Crippen LogP contribution in [0, 0.1) is 0 Å². The number of nitrogens with zero attached hydrogens (tertiary/aromatic N) is 2. The van der Waals surface area contributed by atoms with Gasteiger partial charge < -0.3 is 15.0 Å². The number of hydrogen-bond acceptors (Lipinski definition) is 4. The standard InChI is InChI=1S/C26H24N4O3/c1-17-26(32)30(22-8-4-5-9-23(22)33-17)16-25(31)27-19-13-10-18(11-14-19)12-15-24-28-20-6-2-3-7-21(20)29-24/h2-11,13-14,17H,12,15-16H2,1H3,(H,27,31)(H,28,29)/t17-/m1/s1. The maximum atomic E-state index is 12.7. The molecule has 4 aromatic rings. The number of imidazole rings is 1. The number of carbonyl (C=O) groups is 2. The monoisotopic (exact) mass is 440 g/mol. The lowest BCUT2D eigenvalue weighted by molar-refractivity contribution is -0.127. The molecule has 0 aliphatic carbocycles. The van der Waals surface area contributed by atoms with Gasteiger partial charge in [0.25, 0.3) is 5.91 Å². The van der Waals surface area contributed by atoms with Crippen molar-refractivity contribution in [2.24, 2.45) is 0 Å². The Balaban J connectivity index is 1.19. The van der Waals surface area contributed by atoms with E-state index in [2.05, 4.69) is 15.3 Å². The summed E-state index contributed by atoms with van der Waals surface area (Å²) in [6.07, 6.45) is 1.01. The zero-order valence-electron chi connectivity index (χ0n) is 18.2. The number of aromatic nitrogens is 2. The molecule has 0 saturated carbocycles. The molecule has 166 valence electrons. The second-order valence-electron chi connectivity index (χ2n) is 8.10. The number of fused-ring (bicyclic) bond motifs is 2. The fourth-order valence-corrected chi connectivity index (χ4v) is 4.01. The summed E-state index contributed by atoms with van der Waals surface area (Å²) in [5.41, 5.74) is 4.47. The van der Waals surface area contributed by atoms with Gasteiger partial charge in [0.1, 0.15) is 18.1 Å². The summed E-state index contributed by atoms with van der Waals surface area (Å²) in [5.74, 6) is 1.07. The van der Waals surface area contributed by atoms with Crippen molar-refractivity contribution in [2.75, 3.05) is 16.8 Å². The van der Waals surface area contributed by atoms with Gasteiger partial charge in [0.05, 0.1) is 16.7 Å². The van der Waals surface area contributed by atoms with E-state index in [0.29, 0.717) is 17.1 Å². The second kappa shape index (κ2) is 8.78. The molecule has 5 rings (SSSR count). The first kappa shape index (κ1) is 20.8. The van der Waals surface area contributed by atoms with Gasteiger partial charge in [-0.2, -0.15) is 0 Å². The average Bonchev–Trinajstić information content (AvgIpc) is 3.25. The van der Waals surface area contributed by atoms with Crippen molar-refractivity contribution in [2.45, 2.75) is 25.9 Å². The molecule has 2 heterocycles. The zero-order chi connectivity index (χ0) is 22.8. The highest BCUT2D eigenvalue weighted by Crippen LogP contribution is 2.33. The Morgan fingerprint density at radius 1 is 1.03 bits per heavy atom. The van der Waals surface area contributed by atoms with Crippen LogP contribution in [-0.2, 0) is 22.4 Å². The molecule has 0 spiro atoms. The first-order valence-electron chi connectivity index (χ1n) is 11.0. The van der Waals surface area contributed by atoms with Crippen LogP contribution in [0.4, 0.5) is 11.4 Å². The summed E-state index contributed by atoms with van der Waals surface area (Å²) in [4.78, 5) is 34.7. The molecule has 7 nitrogen and oxygen atoms in total. The van der Waals surface area contributed by atoms with Crippen LogP contribution in [-0.4, -0.2) is 34.4 Å². The molecule has 0 unspecified atom stereocenters. The summed E-state index contributed by atoms with van der Waals surface area (Å²) >= 11 is 0. The van der Waals surface area contributed by atoms with Gasteiger partial charge in [-0.1, -0.05) is 36.4 Å². The van der Waals surface area contributed by atoms with Crippen molar-refractivity contribution in [3.05, 3.63) is 84.2 Å². The van der Waals surface area contributed by atoms with E-state index in [1.165, 1.54) is 4.90 Å². The van der Waals surface area contributed by atoms with Crippen molar-refractivity contribution in [3.8, 4) is 5.75 Å². The number of rotatable bonds is 6. The third kappa shape index (κ3) is 4.43. The Kier molecular flexibility index (Phi) is 5.52. The van der Waals surface area contributed by atoms with Gasteiger partial charge >= 0.3 is 0 Å². The van der Waals surface area contributed by atoms with Gasteiger partial charge in [-0.05, 0) is 55.3 Å². The highest BCUT2D eigenvalue weighted by Gasteiger charge is 2.32. The van der Waals surface area contributed by atoms with Crippen LogP contribution >= 0.6 is 0 Å². The maximum Gasteiger partial charge on any atom is 0.268 e. The van der Waals surface area contributed by atoms with Crippen molar-refractivity contribution < 1.29 is 14.3 Å². The molecular formula is C26H24N4O3. The molecule has 1 atom stereocenters. The molecule has 1 aliphatic heterocycles. The van der Waals surface area contributed by atoms with Crippen molar-refractivity contribution >= 4 is 34.2 Å².